The van der Waals surface area contributed by atoms with Gasteiger partial charge in [-0.25, -0.2) is 13.6 Å². The molecule has 0 fully saturated rings. The number of halogens is 2. The molecule has 23 heavy (non-hydrogen) atoms. The minimum absolute atomic E-state index is 0.0676. The number of ether oxygens (including phenoxy) is 1. The fourth-order valence-corrected chi connectivity index (χ4v) is 2.46. The summed E-state index contributed by atoms with van der Waals surface area (Å²) in [7, 11) is 0. The van der Waals surface area contributed by atoms with Gasteiger partial charge in [0.25, 0.3) is 6.43 Å². The summed E-state index contributed by atoms with van der Waals surface area (Å²) in [6, 6.07) is 4.54. The van der Waals surface area contributed by atoms with E-state index >= 15 is 0 Å². The summed E-state index contributed by atoms with van der Waals surface area (Å²) in [5.74, 6) is 0. The lowest BCUT2D eigenvalue weighted by Crippen LogP contribution is -2.39. The Labute approximate surface area is 134 Å². The highest BCUT2D eigenvalue weighted by atomic mass is 19.3. The van der Waals surface area contributed by atoms with Crippen LogP contribution in [0, 0.1) is 0 Å². The predicted octanol–water partition coefficient (Wildman–Crippen LogP) is 4.23. The molecule has 1 aromatic carbocycles. The molecule has 0 saturated heterocycles. The van der Waals surface area contributed by atoms with E-state index in [1.54, 1.807) is 43.9 Å². The van der Waals surface area contributed by atoms with Gasteiger partial charge in [0.15, 0.2) is 0 Å². The molecule has 0 saturated carbocycles. The van der Waals surface area contributed by atoms with Gasteiger partial charge in [0, 0.05) is 24.3 Å². The van der Waals surface area contributed by atoms with Gasteiger partial charge in [0.2, 0.25) is 0 Å². The Balaban J connectivity index is 2.15. The van der Waals surface area contributed by atoms with Crippen molar-refractivity contribution in [3.05, 3.63) is 35.4 Å². The Bertz CT molecular complexity index is 622. The van der Waals surface area contributed by atoms with Crippen LogP contribution in [-0.2, 0) is 4.74 Å². The van der Waals surface area contributed by atoms with Crippen molar-refractivity contribution in [2.75, 3.05) is 18.8 Å². The lowest BCUT2D eigenvalue weighted by Gasteiger charge is -2.30. The van der Waals surface area contributed by atoms with Gasteiger partial charge in [-0.1, -0.05) is 12.1 Å². The SMILES string of the molecule is CC(C)(C)OC(=O)N1CC=C(c2ccc(N)cc2C(F)F)CC1. The van der Waals surface area contributed by atoms with Gasteiger partial charge in [0.05, 0.1) is 0 Å². The molecule has 1 aromatic rings. The first-order chi connectivity index (χ1) is 10.7. The number of nitrogens with zero attached hydrogens (tertiary/aromatic N) is 1. The van der Waals surface area contributed by atoms with Crippen LogP contribution in [0.25, 0.3) is 5.57 Å². The molecular weight excluding hydrogens is 302 g/mol. The van der Waals surface area contributed by atoms with Crippen LogP contribution in [0.3, 0.4) is 0 Å². The Morgan fingerprint density at radius 3 is 2.57 bits per heavy atom. The number of carbonyl (C=O) groups is 1. The summed E-state index contributed by atoms with van der Waals surface area (Å²) in [6.07, 6.45) is -0.675. The van der Waals surface area contributed by atoms with Gasteiger partial charge in [0.1, 0.15) is 5.60 Å². The van der Waals surface area contributed by atoms with Gasteiger partial charge in [-0.05, 0) is 50.5 Å². The number of rotatable bonds is 2. The second-order valence-electron chi connectivity index (χ2n) is 6.55. The highest BCUT2D eigenvalue weighted by Gasteiger charge is 2.25. The van der Waals surface area contributed by atoms with Crippen LogP contribution in [0.1, 0.15) is 44.7 Å². The second kappa shape index (κ2) is 6.56. The summed E-state index contributed by atoms with van der Waals surface area (Å²) in [5.41, 5.74) is 6.59. The second-order valence-corrected chi connectivity index (χ2v) is 6.55. The lowest BCUT2D eigenvalue weighted by molar-refractivity contribution is 0.0270. The Hall–Kier alpha value is -2.11. The normalized spacial score (nSPS) is 15.6. The van der Waals surface area contributed by atoms with Crippen LogP contribution in [0.2, 0.25) is 0 Å². The molecule has 1 amide bonds. The third-order valence-electron chi connectivity index (χ3n) is 3.52. The zero-order chi connectivity index (χ0) is 17.2. The molecule has 126 valence electrons. The number of nitrogen functional groups attached to an aromatic ring is 1. The number of hydrogen-bond acceptors (Lipinski definition) is 3. The van der Waals surface area contributed by atoms with Crippen molar-refractivity contribution in [2.24, 2.45) is 0 Å². The third-order valence-corrected chi connectivity index (χ3v) is 3.52. The zero-order valence-corrected chi connectivity index (χ0v) is 13.6. The van der Waals surface area contributed by atoms with Gasteiger partial charge >= 0.3 is 6.09 Å². The summed E-state index contributed by atoms with van der Waals surface area (Å²) in [5, 5.41) is 0. The van der Waals surface area contributed by atoms with E-state index in [4.69, 9.17) is 10.5 Å². The molecule has 2 rings (SSSR count). The highest BCUT2D eigenvalue weighted by molar-refractivity contribution is 5.74. The smallest absolute Gasteiger partial charge is 0.410 e. The molecule has 1 aliphatic heterocycles. The Morgan fingerprint density at radius 2 is 2.04 bits per heavy atom. The molecule has 4 nitrogen and oxygen atoms in total. The fraction of sp³-hybridized carbons (Fsp3) is 0.471. The van der Waals surface area contributed by atoms with Gasteiger partial charge in [-0.2, -0.15) is 0 Å². The molecule has 0 bridgehead atoms. The van der Waals surface area contributed by atoms with E-state index in [0.29, 0.717) is 30.8 Å². The highest BCUT2D eigenvalue weighted by Crippen LogP contribution is 2.33. The number of anilines is 1. The predicted molar refractivity (Wildman–Crippen MR) is 86.2 cm³/mol. The fourth-order valence-electron chi connectivity index (χ4n) is 2.46. The zero-order valence-electron chi connectivity index (χ0n) is 13.6. The van der Waals surface area contributed by atoms with E-state index in [1.807, 2.05) is 0 Å². The summed E-state index contributed by atoms with van der Waals surface area (Å²) >= 11 is 0. The maximum atomic E-state index is 13.2. The number of amides is 1. The number of alkyl halides is 2. The van der Waals surface area contributed by atoms with Gasteiger partial charge < -0.3 is 15.4 Å². The maximum Gasteiger partial charge on any atom is 0.410 e. The number of hydrogen-bond donors (Lipinski definition) is 1. The van der Waals surface area contributed by atoms with E-state index < -0.39 is 12.0 Å². The van der Waals surface area contributed by atoms with Crippen LogP contribution < -0.4 is 5.73 Å². The Kier molecular flexibility index (Phi) is 4.92. The van der Waals surface area contributed by atoms with Crippen LogP contribution in [0.5, 0.6) is 0 Å². The largest absolute Gasteiger partial charge is 0.444 e. The van der Waals surface area contributed by atoms with Crippen LogP contribution in [-0.4, -0.2) is 29.7 Å². The molecule has 6 heteroatoms. The minimum Gasteiger partial charge on any atom is -0.444 e. The van der Waals surface area contributed by atoms with Crippen molar-refractivity contribution in [1.29, 1.82) is 0 Å². The average Bonchev–Trinajstić information content (AvgIpc) is 2.45. The van der Waals surface area contributed by atoms with Gasteiger partial charge in [-0.15, -0.1) is 0 Å². The van der Waals surface area contributed by atoms with Crippen molar-refractivity contribution < 1.29 is 18.3 Å². The Morgan fingerprint density at radius 1 is 1.35 bits per heavy atom. The average molecular weight is 324 g/mol. The molecule has 2 N–H and O–H groups in total. The first-order valence-electron chi connectivity index (χ1n) is 7.52. The lowest BCUT2D eigenvalue weighted by atomic mass is 9.94. The molecule has 0 spiro atoms. The third kappa shape index (κ3) is 4.43. The molecule has 0 unspecified atom stereocenters. The van der Waals surface area contributed by atoms with Crippen molar-refractivity contribution in [2.45, 2.75) is 39.2 Å². The van der Waals surface area contributed by atoms with Crippen LogP contribution >= 0.6 is 0 Å². The molecule has 1 aliphatic rings. The number of benzene rings is 1. The van der Waals surface area contributed by atoms with Gasteiger partial charge in [-0.3, -0.25) is 0 Å². The molecular formula is C17H22F2N2O2. The molecule has 0 radical (unpaired) electrons. The monoisotopic (exact) mass is 324 g/mol. The number of nitrogens with two attached hydrogens (primary N) is 1. The molecule has 0 aliphatic carbocycles. The van der Waals surface area contributed by atoms with E-state index in [2.05, 4.69) is 0 Å². The van der Waals surface area contributed by atoms with E-state index in [9.17, 15) is 13.6 Å². The van der Waals surface area contributed by atoms with Crippen LogP contribution in [0.4, 0.5) is 19.3 Å². The first kappa shape index (κ1) is 17.2. The molecule has 1 heterocycles. The molecule has 0 aromatic heterocycles. The summed E-state index contributed by atoms with van der Waals surface area (Å²) < 4.78 is 31.7. The van der Waals surface area contributed by atoms with E-state index in [0.717, 1.165) is 5.57 Å². The van der Waals surface area contributed by atoms with Crippen molar-refractivity contribution in [3.63, 3.8) is 0 Å². The van der Waals surface area contributed by atoms with Crippen molar-refractivity contribution in [1.82, 2.24) is 4.90 Å². The topological polar surface area (TPSA) is 55.6 Å². The molecule has 0 atom stereocenters. The maximum absolute atomic E-state index is 13.2. The van der Waals surface area contributed by atoms with Crippen molar-refractivity contribution >= 4 is 17.4 Å². The minimum atomic E-state index is -2.58. The summed E-state index contributed by atoms with van der Waals surface area (Å²) in [4.78, 5) is 13.6. The van der Waals surface area contributed by atoms with E-state index in [-0.39, 0.29) is 11.7 Å². The van der Waals surface area contributed by atoms with Crippen LogP contribution in [0.15, 0.2) is 24.3 Å². The van der Waals surface area contributed by atoms with Crippen molar-refractivity contribution in [3.8, 4) is 0 Å². The quantitative estimate of drug-likeness (QED) is 0.828. The standard InChI is InChI=1S/C17H22F2N2O2/c1-17(2,3)23-16(22)21-8-6-11(7-9-21)13-5-4-12(20)10-14(13)15(18)19/h4-6,10,15H,7-9,20H2,1-3H3. The summed E-state index contributed by atoms with van der Waals surface area (Å²) in [6.45, 7) is 6.20. The van der Waals surface area contributed by atoms with E-state index in [1.165, 1.54) is 6.07 Å². The first-order valence-corrected chi connectivity index (χ1v) is 7.52. The number of carbonyl (C=O) groups excluding carboxylic acids is 1.